The standard InChI is InChI=1S/C33H47N5O4/c1-5-6-7-8-9-10-31(40)35-27-16-15-26-21-29(25-13-11-24(2)12-14-25)38(33(42)28(26)22-27)18-17-32(41)37(23-30(34)39)20-19-36(3)4/h11-16,22,29H,5-10,17-21,23H2,1-4H3,(H2,34,39)(H,35,40). The quantitative estimate of drug-likeness (QED) is 0.289. The van der Waals surface area contributed by atoms with Crippen molar-refractivity contribution in [1.82, 2.24) is 14.7 Å². The Kier molecular flexibility index (Phi) is 12.5. The predicted molar refractivity (Wildman–Crippen MR) is 166 cm³/mol. The van der Waals surface area contributed by atoms with Crippen molar-refractivity contribution in [1.29, 1.82) is 0 Å². The summed E-state index contributed by atoms with van der Waals surface area (Å²) in [4.78, 5) is 56.5. The van der Waals surface area contributed by atoms with Gasteiger partial charge in [-0.05, 0) is 57.1 Å². The van der Waals surface area contributed by atoms with Gasteiger partial charge in [0.05, 0.1) is 12.6 Å². The van der Waals surface area contributed by atoms with Crippen LogP contribution in [0.5, 0.6) is 0 Å². The third kappa shape index (κ3) is 9.69. The topological polar surface area (TPSA) is 116 Å². The fourth-order valence-corrected chi connectivity index (χ4v) is 5.28. The summed E-state index contributed by atoms with van der Waals surface area (Å²) in [6.45, 7) is 5.18. The number of hydrogen-bond acceptors (Lipinski definition) is 5. The summed E-state index contributed by atoms with van der Waals surface area (Å²) in [7, 11) is 3.79. The molecule has 2 aromatic rings. The SMILES string of the molecule is CCCCCCCC(=O)Nc1ccc2c(c1)C(=O)N(CCC(=O)N(CCN(C)C)CC(N)=O)C(c1ccc(C)cc1)C2. The molecule has 0 fully saturated rings. The number of amides is 4. The molecular weight excluding hydrogens is 530 g/mol. The highest BCUT2D eigenvalue weighted by molar-refractivity contribution is 6.00. The van der Waals surface area contributed by atoms with Crippen LogP contribution in [0.25, 0.3) is 0 Å². The van der Waals surface area contributed by atoms with E-state index in [0.717, 1.165) is 42.4 Å². The zero-order chi connectivity index (χ0) is 30.6. The van der Waals surface area contributed by atoms with Gasteiger partial charge in [0.25, 0.3) is 5.91 Å². The van der Waals surface area contributed by atoms with Gasteiger partial charge in [-0.3, -0.25) is 19.2 Å². The fraction of sp³-hybridized carbons (Fsp3) is 0.515. The van der Waals surface area contributed by atoms with Gasteiger partial charge in [-0.1, -0.05) is 68.5 Å². The van der Waals surface area contributed by atoms with Gasteiger partial charge >= 0.3 is 0 Å². The van der Waals surface area contributed by atoms with Gasteiger partial charge in [-0.2, -0.15) is 0 Å². The van der Waals surface area contributed by atoms with Gasteiger partial charge in [0, 0.05) is 43.7 Å². The first-order valence-electron chi connectivity index (χ1n) is 15.1. The Labute approximate surface area is 250 Å². The van der Waals surface area contributed by atoms with Crippen LogP contribution >= 0.6 is 0 Å². The van der Waals surface area contributed by atoms with Gasteiger partial charge in [0.2, 0.25) is 17.7 Å². The lowest BCUT2D eigenvalue weighted by Gasteiger charge is -2.37. The summed E-state index contributed by atoms with van der Waals surface area (Å²) in [5.74, 6) is -1.03. The zero-order valence-electron chi connectivity index (χ0n) is 25.7. The highest BCUT2D eigenvalue weighted by Crippen LogP contribution is 2.35. The number of primary amides is 1. The molecule has 9 heteroatoms. The smallest absolute Gasteiger partial charge is 0.254 e. The average molecular weight is 578 g/mol. The van der Waals surface area contributed by atoms with E-state index in [1.807, 2.05) is 62.3 Å². The Bertz CT molecular complexity index is 1230. The number of nitrogens with zero attached hydrogens (tertiary/aromatic N) is 3. The van der Waals surface area contributed by atoms with E-state index >= 15 is 0 Å². The highest BCUT2D eigenvalue weighted by Gasteiger charge is 2.34. The van der Waals surface area contributed by atoms with Crippen LogP contribution in [0.3, 0.4) is 0 Å². The van der Waals surface area contributed by atoms with E-state index in [4.69, 9.17) is 5.73 Å². The van der Waals surface area contributed by atoms with Crippen molar-refractivity contribution in [2.75, 3.05) is 45.6 Å². The number of nitrogens with two attached hydrogens (primary N) is 1. The molecule has 2 aromatic carbocycles. The first kappa shape index (κ1) is 32.8. The van der Waals surface area contributed by atoms with Crippen LogP contribution in [0.15, 0.2) is 42.5 Å². The van der Waals surface area contributed by atoms with E-state index in [-0.39, 0.29) is 43.3 Å². The summed E-state index contributed by atoms with van der Waals surface area (Å²) in [6.07, 6.45) is 6.46. The lowest BCUT2D eigenvalue weighted by molar-refractivity contribution is -0.135. The van der Waals surface area contributed by atoms with Crippen molar-refractivity contribution < 1.29 is 19.2 Å². The number of carbonyl (C=O) groups is 4. The molecule has 9 nitrogen and oxygen atoms in total. The van der Waals surface area contributed by atoms with E-state index in [9.17, 15) is 19.2 Å². The maximum Gasteiger partial charge on any atom is 0.254 e. The Morgan fingerprint density at radius 2 is 1.69 bits per heavy atom. The summed E-state index contributed by atoms with van der Waals surface area (Å²) < 4.78 is 0. The van der Waals surface area contributed by atoms with Crippen molar-refractivity contribution in [3.05, 3.63) is 64.7 Å². The Morgan fingerprint density at radius 3 is 2.36 bits per heavy atom. The number of hydrogen-bond donors (Lipinski definition) is 2. The molecule has 0 spiro atoms. The molecule has 228 valence electrons. The number of unbranched alkanes of at least 4 members (excludes halogenated alkanes) is 4. The number of fused-ring (bicyclic) bond motifs is 1. The van der Waals surface area contributed by atoms with Crippen molar-refractivity contribution in [2.45, 2.75) is 71.3 Å². The van der Waals surface area contributed by atoms with Crippen molar-refractivity contribution in [3.63, 3.8) is 0 Å². The minimum atomic E-state index is -0.571. The van der Waals surface area contributed by atoms with Gasteiger partial charge in [0.15, 0.2) is 0 Å². The number of likely N-dealkylation sites (N-methyl/N-ethyl adjacent to an activating group) is 1. The lowest BCUT2D eigenvalue weighted by Crippen LogP contribution is -2.45. The number of carbonyl (C=O) groups excluding carboxylic acids is 4. The molecule has 0 aromatic heterocycles. The molecule has 1 aliphatic rings. The van der Waals surface area contributed by atoms with E-state index in [1.165, 1.54) is 11.3 Å². The zero-order valence-corrected chi connectivity index (χ0v) is 25.7. The predicted octanol–water partition coefficient (Wildman–Crippen LogP) is 4.30. The van der Waals surface area contributed by atoms with Crippen LogP contribution in [-0.4, -0.2) is 78.6 Å². The molecule has 3 N–H and O–H groups in total. The third-order valence-corrected chi connectivity index (χ3v) is 7.73. The van der Waals surface area contributed by atoms with Crippen molar-refractivity contribution in [2.24, 2.45) is 5.73 Å². The first-order chi connectivity index (χ1) is 20.1. The minimum Gasteiger partial charge on any atom is -0.368 e. The second-order valence-electron chi connectivity index (χ2n) is 11.5. The monoisotopic (exact) mass is 577 g/mol. The van der Waals surface area contributed by atoms with Gasteiger partial charge < -0.3 is 25.8 Å². The molecule has 3 rings (SSSR count). The maximum atomic E-state index is 14.0. The molecule has 1 aliphatic heterocycles. The highest BCUT2D eigenvalue weighted by atomic mass is 16.2. The minimum absolute atomic E-state index is 0.0537. The van der Waals surface area contributed by atoms with Gasteiger partial charge in [-0.25, -0.2) is 0 Å². The second-order valence-corrected chi connectivity index (χ2v) is 11.5. The molecule has 0 saturated carbocycles. The average Bonchev–Trinajstić information content (AvgIpc) is 2.95. The summed E-state index contributed by atoms with van der Waals surface area (Å²) in [5.41, 5.74) is 9.58. The van der Waals surface area contributed by atoms with Gasteiger partial charge in [0.1, 0.15) is 0 Å². The van der Waals surface area contributed by atoms with Crippen molar-refractivity contribution in [3.8, 4) is 0 Å². The molecule has 4 amide bonds. The Balaban J connectivity index is 1.79. The van der Waals surface area contributed by atoms with Crippen LogP contribution in [0.4, 0.5) is 5.69 Å². The number of rotatable bonds is 16. The summed E-state index contributed by atoms with van der Waals surface area (Å²) >= 11 is 0. The number of anilines is 1. The summed E-state index contributed by atoms with van der Waals surface area (Å²) in [6, 6.07) is 13.4. The van der Waals surface area contributed by atoms with E-state index in [0.29, 0.717) is 37.2 Å². The Hall–Kier alpha value is -3.72. The summed E-state index contributed by atoms with van der Waals surface area (Å²) in [5, 5.41) is 2.96. The lowest BCUT2D eigenvalue weighted by atomic mass is 9.88. The molecule has 0 radical (unpaired) electrons. The van der Waals surface area contributed by atoms with Crippen LogP contribution in [-0.2, 0) is 20.8 Å². The molecule has 0 saturated heterocycles. The van der Waals surface area contributed by atoms with Crippen molar-refractivity contribution >= 4 is 29.3 Å². The largest absolute Gasteiger partial charge is 0.368 e. The number of aryl methyl sites for hydroxylation is 1. The molecule has 42 heavy (non-hydrogen) atoms. The first-order valence-corrected chi connectivity index (χ1v) is 15.1. The van der Waals surface area contributed by atoms with E-state index < -0.39 is 5.91 Å². The number of nitrogens with one attached hydrogen (secondary N) is 1. The third-order valence-electron chi connectivity index (χ3n) is 7.73. The van der Waals surface area contributed by atoms with Crippen LogP contribution in [0, 0.1) is 6.92 Å². The molecule has 0 aliphatic carbocycles. The molecular formula is C33H47N5O4. The molecule has 1 atom stereocenters. The number of benzene rings is 2. The fourth-order valence-electron chi connectivity index (χ4n) is 5.28. The van der Waals surface area contributed by atoms with Crippen LogP contribution < -0.4 is 11.1 Å². The molecule has 1 unspecified atom stereocenters. The van der Waals surface area contributed by atoms with Crippen LogP contribution in [0.1, 0.15) is 85.0 Å². The normalized spacial score (nSPS) is 14.5. The maximum absolute atomic E-state index is 14.0. The van der Waals surface area contributed by atoms with Gasteiger partial charge in [-0.15, -0.1) is 0 Å². The molecule has 1 heterocycles. The molecule has 0 bridgehead atoms. The Morgan fingerprint density at radius 1 is 0.976 bits per heavy atom. The van der Waals surface area contributed by atoms with Crippen LogP contribution in [0.2, 0.25) is 0 Å². The van der Waals surface area contributed by atoms with E-state index in [2.05, 4.69) is 12.2 Å². The van der Waals surface area contributed by atoms with E-state index in [1.54, 1.807) is 11.0 Å². The second kappa shape index (κ2) is 16.1.